The number of rotatable bonds is 6. The van der Waals surface area contributed by atoms with Crippen molar-refractivity contribution < 1.29 is 9.53 Å². The fourth-order valence-electron chi connectivity index (χ4n) is 1.14. The molecule has 1 rings (SSSR count). The highest BCUT2D eigenvalue weighted by Crippen LogP contribution is 2.03. The first-order valence-corrected chi connectivity index (χ1v) is 5.06. The Labute approximate surface area is 93.9 Å². The second kappa shape index (κ2) is 6.19. The van der Waals surface area contributed by atoms with Gasteiger partial charge in [-0.1, -0.05) is 5.21 Å². The molecule has 3 N–H and O–H groups in total. The molecule has 0 aromatic carbocycles. The fraction of sp³-hybridized carbons (Fsp3) is 0.667. The first-order chi connectivity index (χ1) is 7.69. The number of nitrogens with one attached hydrogen (secondary N) is 1. The van der Waals surface area contributed by atoms with E-state index >= 15 is 0 Å². The van der Waals surface area contributed by atoms with Gasteiger partial charge in [0.1, 0.15) is 6.04 Å². The van der Waals surface area contributed by atoms with Crippen LogP contribution in [0.3, 0.4) is 0 Å². The van der Waals surface area contributed by atoms with E-state index in [-0.39, 0.29) is 5.91 Å². The minimum Gasteiger partial charge on any atom is -0.383 e. The summed E-state index contributed by atoms with van der Waals surface area (Å²) in [5.74, 6) is -0.120. The maximum absolute atomic E-state index is 11.6. The summed E-state index contributed by atoms with van der Waals surface area (Å²) in [6, 6.07) is -0.398. The summed E-state index contributed by atoms with van der Waals surface area (Å²) in [5, 5.41) is 10.4. The number of methoxy groups -OCH3 is 1. The summed E-state index contributed by atoms with van der Waals surface area (Å²) in [7, 11) is 1.58. The Morgan fingerprint density at radius 1 is 1.75 bits per heavy atom. The van der Waals surface area contributed by atoms with Gasteiger partial charge in [0, 0.05) is 20.2 Å². The number of aromatic nitrogens is 3. The predicted molar refractivity (Wildman–Crippen MR) is 57.5 cm³/mol. The average molecular weight is 227 g/mol. The molecule has 0 fully saturated rings. The number of nitrogens with two attached hydrogens (primary N) is 1. The summed E-state index contributed by atoms with van der Waals surface area (Å²) in [4.78, 5) is 11.6. The first-order valence-electron chi connectivity index (χ1n) is 5.06. The highest BCUT2D eigenvalue weighted by atomic mass is 16.5. The van der Waals surface area contributed by atoms with E-state index in [1.54, 1.807) is 20.2 Å². The Morgan fingerprint density at radius 2 is 2.50 bits per heavy atom. The van der Waals surface area contributed by atoms with Crippen LogP contribution in [0.2, 0.25) is 0 Å². The number of amides is 1. The number of hydrogen-bond acceptors (Lipinski definition) is 5. The molecule has 1 heterocycles. The molecule has 0 saturated heterocycles. The molecule has 0 aliphatic heterocycles. The number of hydrogen-bond donors (Lipinski definition) is 2. The average Bonchev–Trinajstić information content (AvgIpc) is 2.76. The molecule has 7 heteroatoms. The van der Waals surface area contributed by atoms with Gasteiger partial charge in [-0.15, -0.1) is 5.10 Å². The van der Waals surface area contributed by atoms with Gasteiger partial charge in [-0.2, -0.15) is 0 Å². The lowest BCUT2D eigenvalue weighted by Gasteiger charge is -2.11. The lowest BCUT2D eigenvalue weighted by molar-refractivity contribution is -0.124. The zero-order valence-corrected chi connectivity index (χ0v) is 9.51. The van der Waals surface area contributed by atoms with E-state index in [4.69, 9.17) is 10.5 Å². The number of carbonyl (C=O) groups excluding carboxylic acids is 1. The minimum atomic E-state index is -0.398. The SMILES string of the molecule is COCCNC(=O)C(C)n1cc(CN)nn1. The molecule has 1 aromatic heterocycles. The summed E-state index contributed by atoms with van der Waals surface area (Å²) < 4.78 is 6.32. The number of ether oxygens (including phenoxy) is 1. The molecule has 0 aliphatic carbocycles. The van der Waals surface area contributed by atoms with Crippen molar-refractivity contribution in [3.8, 4) is 0 Å². The van der Waals surface area contributed by atoms with Gasteiger partial charge in [0.2, 0.25) is 5.91 Å². The van der Waals surface area contributed by atoms with Crippen LogP contribution in [0.4, 0.5) is 0 Å². The van der Waals surface area contributed by atoms with Crippen LogP contribution >= 0.6 is 0 Å². The summed E-state index contributed by atoms with van der Waals surface area (Å²) in [6.45, 7) is 3.04. The second-order valence-electron chi connectivity index (χ2n) is 3.35. The first kappa shape index (κ1) is 12.6. The van der Waals surface area contributed by atoms with Gasteiger partial charge in [-0.05, 0) is 6.92 Å². The van der Waals surface area contributed by atoms with Gasteiger partial charge in [0.05, 0.1) is 18.5 Å². The summed E-state index contributed by atoms with van der Waals surface area (Å²) in [5.41, 5.74) is 6.07. The van der Waals surface area contributed by atoms with Crippen LogP contribution in [0, 0.1) is 0 Å². The maximum atomic E-state index is 11.6. The molecule has 0 saturated carbocycles. The van der Waals surface area contributed by atoms with Gasteiger partial charge in [-0.25, -0.2) is 4.68 Å². The highest BCUT2D eigenvalue weighted by Gasteiger charge is 2.15. The topological polar surface area (TPSA) is 95.1 Å². The normalized spacial score (nSPS) is 12.4. The molecular weight excluding hydrogens is 210 g/mol. The van der Waals surface area contributed by atoms with E-state index in [0.717, 1.165) is 0 Å². The van der Waals surface area contributed by atoms with Crippen LogP contribution in [0.25, 0.3) is 0 Å². The quantitative estimate of drug-likeness (QED) is 0.612. The Kier molecular flexibility index (Phi) is 4.87. The lowest BCUT2D eigenvalue weighted by atomic mass is 10.3. The maximum Gasteiger partial charge on any atom is 0.244 e. The number of nitrogens with zero attached hydrogens (tertiary/aromatic N) is 3. The highest BCUT2D eigenvalue weighted by molar-refractivity contribution is 5.79. The van der Waals surface area contributed by atoms with Crippen LogP contribution in [0.15, 0.2) is 6.20 Å². The smallest absolute Gasteiger partial charge is 0.244 e. The molecule has 0 radical (unpaired) electrons. The van der Waals surface area contributed by atoms with Crippen LogP contribution in [-0.4, -0.2) is 41.2 Å². The predicted octanol–water partition coefficient (Wildman–Crippen LogP) is -0.940. The summed E-state index contributed by atoms with van der Waals surface area (Å²) >= 11 is 0. The summed E-state index contributed by atoms with van der Waals surface area (Å²) in [6.07, 6.45) is 1.67. The third kappa shape index (κ3) is 3.28. The zero-order chi connectivity index (χ0) is 12.0. The monoisotopic (exact) mass is 227 g/mol. The van der Waals surface area contributed by atoms with E-state index in [2.05, 4.69) is 15.6 Å². The van der Waals surface area contributed by atoms with E-state index in [0.29, 0.717) is 25.4 Å². The van der Waals surface area contributed by atoms with Crippen molar-refractivity contribution in [3.05, 3.63) is 11.9 Å². The lowest BCUT2D eigenvalue weighted by Crippen LogP contribution is -2.33. The Morgan fingerprint density at radius 3 is 3.06 bits per heavy atom. The molecule has 0 bridgehead atoms. The van der Waals surface area contributed by atoms with Crippen molar-refractivity contribution in [3.63, 3.8) is 0 Å². The second-order valence-corrected chi connectivity index (χ2v) is 3.35. The molecule has 1 amide bonds. The third-order valence-electron chi connectivity index (χ3n) is 2.15. The van der Waals surface area contributed by atoms with E-state index in [1.165, 1.54) is 4.68 Å². The van der Waals surface area contributed by atoms with Crippen molar-refractivity contribution >= 4 is 5.91 Å². The van der Waals surface area contributed by atoms with Gasteiger partial charge in [0.15, 0.2) is 0 Å². The minimum absolute atomic E-state index is 0.120. The Balaban J connectivity index is 2.49. The van der Waals surface area contributed by atoms with E-state index in [1.807, 2.05) is 0 Å². The van der Waals surface area contributed by atoms with Crippen LogP contribution in [0.5, 0.6) is 0 Å². The molecule has 0 aliphatic rings. The van der Waals surface area contributed by atoms with Crippen LogP contribution in [0.1, 0.15) is 18.7 Å². The molecule has 7 nitrogen and oxygen atoms in total. The van der Waals surface area contributed by atoms with Crippen LogP contribution in [-0.2, 0) is 16.1 Å². The fourth-order valence-corrected chi connectivity index (χ4v) is 1.14. The van der Waals surface area contributed by atoms with Gasteiger partial charge >= 0.3 is 0 Å². The van der Waals surface area contributed by atoms with Gasteiger partial charge in [0.25, 0.3) is 0 Å². The molecule has 0 spiro atoms. The van der Waals surface area contributed by atoms with Crippen LogP contribution < -0.4 is 11.1 Å². The molecule has 16 heavy (non-hydrogen) atoms. The molecule has 1 unspecified atom stereocenters. The van der Waals surface area contributed by atoms with Crippen molar-refractivity contribution in [2.75, 3.05) is 20.3 Å². The van der Waals surface area contributed by atoms with Crippen molar-refractivity contribution in [1.82, 2.24) is 20.3 Å². The Bertz CT molecular complexity index is 338. The van der Waals surface area contributed by atoms with Gasteiger partial charge < -0.3 is 15.8 Å². The third-order valence-corrected chi connectivity index (χ3v) is 2.15. The van der Waals surface area contributed by atoms with Gasteiger partial charge in [-0.3, -0.25) is 4.79 Å². The zero-order valence-electron chi connectivity index (χ0n) is 9.51. The molecule has 1 aromatic rings. The molecule has 90 valence electrons. The van der Waals surface area contributed by atoms with Crippen molar-refractivity contribution in [2.24, 2.45) is 5.73 Å². The van der Waals surface area contributed by atoms with E-state index < -0.39 is 6.04 Å². The number of carbonyl (C=O) groups is 1. The van der Waals surface area contributed by atoms with E-state index in [9.17, 15) is 4.79 Å². The Hall–Kier alpha value is -1.47. The largest absolute Gasteiger partial charge is 0.383 e. The van der Waals surface area contributed by atoms with Crippen molar-refractivity contribution in [1.29, 1.82) is 0 Å². The molecular formula is C9H17N5O2. The molecule has 1 atom stereocenters. The standard InChI is InChI=1S/C9H17N5O2/c1-7(9(15)11-3-4-16-2)14-6-8(5-10)12-13-14/h6-7H,3-5,10H2,1-2H3,(H,11,15). The van der Waals surface area contributed by atoms with Crippen molar-refractivity contribution in [2.45, 2.75) is 19.5 Å².